The Morgan fingerprint density at radius 1 is 0.892 bits per heavy atom. The Hall–Kier alpha value is -3.74. The number of anilines is 3. The minimum atomic E-state index is -1.88. The molecule has 0 spiro atoms. The van der Waals surface area contributed by atoms with Gasteiger partial charge >= 0.3 is 0 Å². The molecular formula is C23H20Cl2N8O3S. The van der Waals surface area contributed by atoms with Gasteiger partial charge in [0, 0.05) is 38.6 Å². The van der Waals surface area contributed by atoms with E-state index >= 15 is 0 Å². The van der Waals surface area contributed by atoms with Gasteiger partial charge in [-0.2, -0.15) is 0 Å². The maximum atomic E-state index is 13.2. The molecule has 3 N–H and O–H groups in total. The number of phenolic OH excluding ortho intramolecular Hbond substituents is 1. The molecule has 11 nitrogen and oxygen atoms in total. The van der Waals surface area contributed by atoms with Gasteiger partial charge in [0.15, 0.2) is 17.4 Å². The number of aromatic hydroxyl groups is 1. The molecule has 1 unspecified atom stereocenters. The number of halogens is 2. The number of aromatic nitrogens is 2. The van der Waals surface area contributed by atoms with Gasteiger partial charge in [-0.3, -0.25) is 4.79 Å². The number of para-hydroxylation sites is 1. The average molecular weight is 559 g/mol. The van der Waals surface area contributed by atoms with Crippen LogP contribution in [-0.4, -0.2) is 67.9 Å². The topological polar surface area (TPSA) is 135 Å². The largest absolute Gasteiger partial charge is 0.505 e. The summed E-state index contributed by atoms with van der Waals surface area (Å²) in [5.41, 5.74) is 0.763. The molecule has 0 radical (unpaired) electrons. The number of benzene rings is 2. The zero-order valence-electron chi connectivity index (χ0n) is 19.1. The second-order valence-corrected chi connectivity index (χ2v) is 9.60. The summed E-state index contributed by atoms with van der Waals surface area (Å²) in [6, 6.07) is 11.5. The van der Waals surface area contributed by atoms with E-state index in [1.807, 2.05) is 4.90 Å². The third kappa shape index (κ3) is 5.36. The van der Waals surface area contributed by atoms with Gasteiger partial charge in [-0.15, -0.1) is 8.80 Å². The van der Waals surface area contributed by atoms with Gasteiger partial charge in [0.25, 0.3) is 17.1 Å². The molecule has 0 aliphatic carbocycles. The smallest absolute Gasteiger partial charge is 0.269 e. The van der Waals surface area contributed by atoms with Crippen LogP contribution in [0.15, 0.2) is 63.7 Å². The van der Waals surface area contributed by atoms with Gasteiger partial charge in [-0.25, -0.2) is 14.2 Å². The lowest BCUT2D eigenvalue weighted by Gasteiger charge is -2.34. The molecule has 1 saturated heterocycles. The number of nitrogens with one attached hydrogen (secondary N) is 2. The first-order chi connectivity index (χ1) is 17.9. The highest BCUT2D eigenvalue weighted by molar-refractivity contribution is 7.83. The van der Waals surface area contributed by atoms with Crippen molar-refractivity contribution in [2.75, 3.05) is 41.7 Å². The SMILES string of the molecule is O=C(c1cccc(NC2=NS(=O)N=C2Nc2cccc(Cl)c2Cl)c1O)N1CCN(c2ncccn2)CC1. The lowest BCUT2D eigenvalue weighted by molar-refractivity contribution is 0.0743. The number of carbonyl (C=O) groups excluding carboxylic acids is 1. The minimum absolute atomic E-state index is 0.103. The summed E-state index contributed by atoms with van der Waals surface area (Å²) in [5.74, 6) is 0.276. The third-order valence-electron chi connectivity index (χ3n) is 5.69. The van der Waals surface area contributed by atoms with Crippen molar-refractivity contribution in [3.63, 3.8) is 0 Å². The van der Waals surface area contributed by atoms with Crippen LogP contribution in [0.2, 0.25) is 10.0 Å². The molecule has 2 aromatic carbocycles. The van der Waals surface area contributed by atoms with Crippen LogP contribution in [0.1, 0.15) is 10.4 Å². The van der Waals surface area contributed by atoms with Crippen molar-refractivity contribution in [3.05, 3.63) is 70.5 Å². The predicted octanol–water partition coefficient (Wildman–Crippen LogP) is 3.36. The molecule has 1 fully saturated rings. The minimum Gasteiger partial charge on any atom is -0.505 e. The normalized spacial score (nSPS) is 17.3. The molecule has 1 amide bonds. The van der Waals surface area contributed by atoms with Crippen molar-refractivity contribution in [1.29, 1.82) is 0 Å². The van der Waals surface area contributed by atoms with Crippen molar-refractivity contribution in [2.45, 2.75) is 0 Å². The first-order valence-corrected chi connectivity index (χ1v) is 12.9. The monoisotopic (exact) mass is 558 g/mol. The number of amidine groups is 2. The molecule has 14 heteroatoms. The summed E-state index contributed by atoms with van der Waals surface area (Å²) < 4.78 is 20.0. The van der Waals surface area contributed by atoms with Gasteiger partial charge < -0.3 is 25.5 Å². The van der Waals surface area contributed by atoms with Crippen LogP contribution in [0, 0.1) is 0 Å². The summed E-state index contributed by atoms with van der Waals surface area (Å²) in [4.78, 5) is 25.4. The van der Waals surface area contributed by atoms with Crippen LogP contribution >= 0.6 is 23.2 Å². The second kappa shape index (κ2) is 10.7. The van der Waals surface area contributed by atoms with E-state index in [1.165, 1.54) is 0 Å². The fourth-order valence-electron chi connectivity index (χ4n) is 3.83. The van der Waals surface area contributed by atoms with E-state index < -0.39 is 11.2 Å². The van der Waals surface area contributed by atoms with Crippen LogP contribution in [-0.2, 0) is 11.2 Å². The second-order valence-electron chi connectivity index (χ2n) is 7.99. The summed E-state index contributed by atoms with van der Waals surface area (Å²) in [6.07, 6.45) is 3.35. The maximum absolute atomic E-state index is 13.2. The number of nitrogens with zero attached hydrogens (tertiary/aromatic N) is 6. The van der Waals surface area contributed by atoms with Crippen LogP contribution in [0.3, 0.4) is 0 Å². The number of piperazine rings is 1. The van der Waals surface area contributed by atoms with E-state index in [1.54, 1.807) is 59.8 Å². The molecule has 3 heterocycles. The number of carbonyl (C=O) groups is 1. The Kier molecular flexibility index (Phi) is 7.22. The third-order valence-corrected chi connectivity index (χ3v) is 7.19. The lowest BCUT2D eigenvalue weighted by Crippen LogP contribution is -2.49. The van der Waals surface area contributed by atoms with Crippen molar-refractivity contribution in [3.8, 4) is 5.75 Å². The Balaban J connectivity index is 1.29. The molecule has 1 atom stereocenters. The Bertz CT molecular complexity index is 1430. The molecule has 2 aliphatic heterocycles. The molecule has 2 aliphatic rings. The molecule has 0 bridgehead atoms. The Morgan fingerprint density at radius 2 is 1.51 bits per heavy atom. The van der Waals surface area contributed by atoms with E-state index in [-0.39, 0.29) is 39.6 Å². The van der Waals surface area contributed by atoms with E-state index in [0.29, 0.717) is 42.8 Å². The van der Waals surface area contributed by atoms with Gasteiger partial charge in [0.2, 0.25) is 5.95 Å². The van der Waals surface area contributed by atoms with Gasteiger partial charge in [0.1, 0.15) is 0 Å². The maximum Gasteiger partial charge on any atom is 0.269 e. The van der Waals surface area contributed by atoms with Crippen molar-refractivity contribution in [1.82, 2.24) is 14.9 Å². The van der Waals surface area contributed by atoms with Crippen LogP contribution in [0.5, 0.6) is 5.75 Å². The number of rotatable bonds is 4. The lowest BCUT2D eigenvalue weighted by atomic mass is 10.1. The zero-order chi connectivity index (χ0) is 25.9. The van der Waals surface area contributed by atoms with Crippen molar-refractivity contribution >= 4 is 69.3 Å². The highest BCUT2D eigenvalue weighted by Gasteiger charge is 2.27. The van der Waals surface area contributed by atoms with Crippen molar-refractivity contribution < 1.29 is 14.1 Å². The van der Waals surface area contributed by atoms with Crippen LogP contribution in [0.4, 0.5) is 17.3 Å². The molecule has 190 valence electrons. The first kappa shape index (κ1) is 24.9. The Labute approximate surface area is 224 Å². The number of hydrogen-bond acceptors (Lipinski definition) is 8. The fraction of sp³-hybridized carbons (Fsp3) is 0.174. The fourth-order valence-corrected chi connectivity index (χ4v) is 4.80. The highest BCUT2D eigenvalue weighted by Crippen LogP contribution is 2.32. The van der Waals surface area contributed by atoms with Gasteiger partial charge in [-0.1, -0.05) is 35.3 Å². The zero-order valence-corrected chi connectivity index (χ0v) is 21.5. The molecule has 1 aromatic heterocycles. The molecule has 5 rings (SSSR count). The van der Waals surface area contributed by atoms with Gasteiger partial charge in [0.05, 0.1) is 27.0 Å². The highest BCUT2D eigenvalue weighted by atomic mass is 35.5. The van der Waals surface area contributed by atoms with Gasteiger partial charge in [-0.05, 0) is 30.3 Å². The number of amides is 1. The molecule has 3 aromatic rings. The molecular weight excluding hydrogens is 539 g/mol. The molecule has 37 heavy (non-hydrogen) atoms. The van der Waals surface area contributed by atoms with Crippen LogP contribution < -0.4 is 15.5 Å². The predicted molar refractivity (Wildman–Crippen MR) is 145 cm³/mol. The van der Waals surface area contributed by atoms with E-state index in [2.05, 4.69) is 29.4 Å². The van der Waals surface area contributed by atoms with E-state index in [4.69, 9.17) is 23.2 Å². The molecule has 0 saturated carbocycles. The van der Waals surface area contributed by atoms with Crippen molar-refractivity contribution in [2.24, 2.45) is 8.80 Å². The first-order valence-electron chi connectivity index (χ1n) is 11.1. The quantitative estimate of drug-likeness (QED) is 0.415. The standard InChI is InChI=1S/C23H20Cl2N8O3S/c24-15-5-2-6-16(18(15)25)28-20-21(31-37(36)30-20)29-17-7-1-4-14(19(17)34)22(35)32-10-12-33(13-11-32)23-26-8-3-9-27-23/h1-9,34H,10-13H2,(H,28,30)(H,29,31). The average Bonchev–Trinajstić information content (AvgIpc) is 3.26. The number of hydrogen-bond donors (Lipinski definition) is 3. The summed E-state index contributed by atoms with van der Waals surface area (Å²) in [7, 11) is 0. The summed E-state index contributed by atoms with van der Waals surface area (Å²) in [5, 5.41) is 17.4. The number of phenols is 1. The Morgan fingerprint density at radius 3 is 2.22 bits per heavy atom. The summed E-state index contributed by atoms with van der Waals surface area (Å²) >= 11 is 10.4. The van der Waals surface area contributed by atoms with E-state index in [9.17, 15) is 14.1 Å². The van der Waals surface area contributed by atoms with E-state index in [0.717, 1.165) is 0 Å². The summed E-state index contributed by atoms with van der Waals surface area (Å²) in [6.45, 7) is 2.02. The van der Waals surface area contributed by atoms with Crippen LogP contribution in [0.25, 0.3) is 0 Å².